The molecule has 0 amide bonds. The summed E-state index contributed by atoms with van der Waals surface area (Å²) in [7, 11) is 1.70. The van der Waals surface area contributed by atoms with Crippen molar-refractivity contribution in [1.29, 1.82) is 0 Å². The van der Waals surface area contributed by atoms with Gasteiger partial charge in [-0.3, -0.25) is 9.89 Å². The lowest BCUT2D eigenvalue weighted by Gasteiger charge is -2.32. The largest absolute Gasteiger partial charge is 0.468 e. The number of piperidine rings is 1. The molecular formula is C17H31IN4O2. The number of likely N-dealkylation sites (tertiary alicyclic amines) is 1. The maximum Gasteiger partial charge on any atom is 0.191 e. The summed E-state index contributed by atoms with van der Waals surface area (Å²) < 4.78 is 10.7. The molecule has 0 aromatic carbocycles. The Morgan fingerprint density at radius 2 is 2.12 bits per heavy atom. The quantitative estimate of drug-likeness (QED) is 0.276. The molecule has 0 spiro atoms. The minimum Gasteiger partial charge on any atom is -0.468 e. The topological polar surface area (TPSA) is 62.0 Å². The number of nitrogens with one attached hydrogen (secondary N) is 2. The van der Waals surface area contributed by atoms with Gasteiger partial charge in [0.1, 0.15) is 5.76 Å². The Morgan fingerprint density at radius 3 is 2.75 bits per heavy atom. The molecule has 2 rings (SSSR count). The summed E-state index contributed by atoms with van der Waals surface area (Å²) in [6.45, 7) is 7.25. The molecule has 2 heterocycles. The number of nitrogens with zero attached hydrogens (tertiary/aromatic N) is 2. The number of hydrogen-bond acceptors (Lipinski definition) is 4. The molecule has 0 saturated carbocycles. The van der Waals surface area contributed by atoms with E-state index in [0.717, 1.165) is 37.9 Å². The van der Waals surface area contributed by atoms with E-state index in [0.29, 0.717) is 13.2 Å². The summed E-state index contributed by atoms with van der Waals surface area (Å²) in [5, 5.41) is 6.57. The summed E-state index contributed by atoms with van der Waals surface area (Å²) in [5.41, 5.74) is 0. The van der Waals surface area contributed by atoms with Gasteiger partial charge in [0, 0.05) is 20.2 Å². The SMILES string of the molecule is CCNC(=NCC(c1ccco1)N1CCCCC1)NCCOC.I. The van der Waals surface area contributed by atoms with Crippen molar-refractivity contribution in [2.45, 2.75) is 32.2 Å². The van der Waals surface area contributed by atoms with Gasteiger partial charge in [-0.2, -0.15) is 0 Å². The summed E-state index contributed by atoms with van der Waals surface area (Å²) in [6.07, 6.45) is 5.59. The Hall–Kier alpha value is -0.800. The van der Waals surface area contributed by atoms with E-state index in [-0.39, 0.29) is 30.0 Å². The summed E-state index contributed by atoms with van der Waals surface area (Å²) in [4.78, 5) is 7.24. The van der Waals surface area contributed by atoms with Crippen molar-refractivity contribution in [2.75, 3.05) is 46.4 Å². The summed E-state index contributed by atoms with van der Waals surface area (Å²) >= 11 is 0. The van der Waals surface area contributed by atoms with Crippen LogP contribution in [0, 0.1) is 0 Å². The monoisotopic (exact) mass is 450 g/mol. The lowest BCUT2D eigenvalue weighted by molar-refractivity contribution is 0.150. The minimum absolute atomic E-state index is 0. The fourth-order valence-corrected chi connectivity index (χ4v) is 2.89. The molecule has 24 heavy (non-hydrogen) atoms. The second kappa shape index (κ2) is 12.5. The van der Waals surface area contributed by atoms with E-state index < -0.39 is 0 Å². The van der Waals surface area contributed by atoms with Crippen LogP contribution in [0.15, 0.2) is 27.8 Å². The van der Waals surface area contributed by atoms with Crippen molar-refractivity contribution in [3.8, 4) is 0 Å². The van der Waals surface area contributed by atoms with Crippen LogP contribution in [0.1, 0.15) is 38.0 Å². The molecular weight excluding hydrogens is 419 g/mol. The maximum atomic E-state index is 5.67. The normalized spacial score (nSPS) is 17.2. The van der Waals surface area contributed by atoms with Gasteiger partial charge in [-0.1, -0.05) is 6.42 Å². The molecule has 0 radical (unpaired) electrons. The number of ether oxygens (including phenoxy) is 1. The van der Waals surface area contributed by atoms with Crippen molar-refractivity contribution in [3.63, 3.8) is 0 Å². The van der Waals surface area contributed by atoms with Crippen LogP contribution in [-0.2, 0) is 4.74 Å². The first-order chi connectivity index (χ1) is 11.3. The highest BCUT2D eigenvalue weighted by molar-refractivity contribution is 14.0. The standard InChI is InChI=1S/C17H30N4O2.HI/c1-3-18-17(19-9-13-22-2)20-14-15(16-8-7-12-23-16)21-10-5-4-6-11-21;/h7-8,12,15H,3-6,9-11,13-14H2,1-2H3,(H2,18,19,20);1H. The second-order valence-corrected chi connectivity index (χ2v) is 5.77. The highest BCUT2D eigenvalue weighted by atomic mass is 127. The number of guanidine groups is 1. The Balaban J connectivity index is 0.00000288. The first kappa shape index (κ1) is 21.2. The van der Waals surface area contributed by atoms with Gasteiger partial charge in [0.15, 0.2) is 5.96 Å². The van der Waals surface area contributed by atoms with Crippen LogP contribution in [0.3, 0.4) is 0 Å². The van der Waals surface area contributed by atoms with Gasteiger partial charge in [0.05, 0.1) is 25.5 Å². The Bertz CT molecular complexity index is 447. The number of rotatable bonds is 8. The first-order valence-electron chi connectivity index (χ1n) is 8.63. The molecule has 7 heteroatoms. The molecule has 6 nitrogen and oxygen atoms in total. The molecule has 1 atom stereocenters. The van der Waals surface area contributed by atoms with Gasteiger partial charge >= 0.3 is 0 Å². The predicted molar refractivity (Wildman–Crippen MR) is 108 cm³/mol. The molecule has 1 fully saturated rings. The number of methoxy groups -OCH3 is 1. The fourth-order valence-electron chi connectivity index (χ4n) is 2.89. The number of aliphatic imine (C=N–C) groups is 1. The maximum absolute atomic E-state index is 5.67. The number of hydrogen-bond donors (Lipinski definition) is 2. The molecule has 1 aliphatic rings. The van der Waals surface area contributed by atoms with Crippen molar-refractivity contribution in [3.05, 3.63) is 24.2 Å². The lowest BCUT2D eigenvalue weighted by atomic mass is 10.1. The van der Waals surface area contributed by atoms with Gasteiger partial charge < -0.3 is 19.8 Å². The van der Waals surface area contributed by atoms with Gasteiger partial charge in [-0.05, 0) is 45.0 Å². The fraction of sp³-hybridized carbons (Fsp3) is 0.706. The van der Waals surface area contributed by atoms with Crippen LogP contribution in [0.4, 0.5) is 0 Å². The Labute approximate surface area is 162 Å². The van der Waals surface area contributed by atoms with Crippen molar-refractivity contribution in [2.24, 2.45) is 4.99 Å². The average Bonchev–Trinajstić information content (AvgIpc) is 3.10. The van der Waals surface area contributed by atoms with E-state index in [4.69, 9.17) is 14.1 Å². The van der Waals surface area contributed by atoms with E-state index in [1.807, 2.05) is 6.07 Å². The summed E-state index contributed by atoms with van der Waals surface area (Å²) in [5.74, 6) is 1.83. The smallest absolute Gasteiger partial charge is 0.191 e. The zero-order chi connectivity index (χ0) is 16.3. The van der Waals surface area contributed by atoms with Crippen LogP contribution in [0.25, 0.3) is 0 Å². The minimum atomic E-state index is 0. The van der Waals surface area contributed by atoms with E-state index in [1.54, 1.807) is 13.4 Å². The molecule has 1 aliphatic heterocycles. The van der Waals surface area contributed by atoms with Crippen LogP contribution in [-0.4, -0.2) is 57.3 Å². The van der Waals surface area contributed by atoms with Crippen molar-refractivity contribution >= 4 is 29.9 Å². The van der Waals surface area contributed by atoms with E-state index in [2.05, 4.69) is 28.5 Å². The van der Waals surface area contributed by atoms with Gasteiger partial charge in [0.2, 0.25) is 0 Å². The average molecular weight is 450 g/mol. The molecule has 0 aliphatic carbocycles. The zero-order valence-electron chi connectivity index (χ0n) is 14.8. The van der Waals surface area contributed by atoms with Crippen molar-refractivity contribution < 1.29 is 9.15 Å². The van der Waals surface area contributed by atoms with Crippen molar-refractivity contribution in [1.82, 2.24) is 15.5 Å². The Kier molecular flexibility index (Phi) is 11.1. The third-order valence-corrected chi connectivity index (χ3v) is 4.07. The van der Waals surface area contributed by atoms with Crippen LogP contribution >= 0.6 is 24.0 Å². The van der Waals surface area contributed by atoms with E-state index in [9.17, 15) is 0 Å². The molecule has 1 aromatic rings. The predicted octanol–water partition coefficient (Wildman–Crippen LogP) is 2.63. The number of furan rings is 1. The van der Waals surface area contributed by atoms with Gasteiger partial charge in [-0.15, -0.1) is 24.0 Å². The third kappa shape index (κ3) is 6.98. The lowest BCUT2D eigenvalue weighted by Crippen LogP contribution is -2.40. The molecule has 1 aromatic heterocycles. The Morgan fingerprint density at radius 1 is 1.33 bits per heavy atom. The van der Waals surface area contributed by atoms with Gasteiger partial charge in [-0.25, -0.2) is 0 Å². The highest BCUT2D eigenvalue weighted by Crippen LogP contribution is 2.25. The molecule has 2 N–H and O–H groups in total. The van der Waals surface area contributed by atoms with Crippen LogP contribution in [0.5, 0.6) is 0 Å². The van der Waals surface area contributed by atoms with Gasteiger partial charge in [0.25, 0.3) is 0 Å². The van der Waals surface area contributed by atoms with E-state index in [1.165, 1.54) is 19.3 Å². The number of halogens is 1. The molecule has 0 bridgehead atoms. The zero-order valence-corrected chi connectivity index (χ0v) is 17.1. The highest BCUT2D eigenvalue weighted by Gasteiger charge is 2.24. The molecule has 1 unspecified atom stereocenters. The molecule has 1 saturated heterocycles. The van der Waals surface area contributed by atoms with E-state index >= 15 is 0 Å². The first-order valence-corrected chi connectivity index (χ1v) is 8.63. The summed E-state index contributed by atoms with van der Waals surface area (Å²) in [6, 6.07) is 4.22. The van der Waals surface area contributed by atoms with Crippen LogP contribution < -0.4 is 10.6 Å². The molecule has 138 valence electrons. The van der Waals surface area contributed by atoms with Crippen LogP contribution in [0.2, 0.25) is 0 Å². The second-order valence-electron chi connectivity index (χ2n) is 5.77. The third-order valence-electron chi connectivity index (χ3n) is 4.07.